The van der Waals surface area contributed by atoms with E-state index in [9.17, 15) is 18.0 Å². The Balaban J connectivity index is 1.54. The van der Waals surface area contributed by atoms with E-state index >= 15 is 0 Å². The van der Waals surface area contributed by atoms with Crippen LogP contribution >= 0.6 is 0 Å². The lowest BCUT2D eigenvalue weighted by atomic mass is 10.0. The normalized spacial score (nSPS) is 26.3. The summed E-state index contributed by atoms with van der Waals surface area (Å²) >= 11 is 0. The molecule has 0 unspecified atom stereocenters. The molecule has 134 valence electrons. The van der Waals surface area contributed by atoms with Crippen molar-refractivity contribution in [2.45, 2.75) is 31.3 Å². The second-order valence-corrected chi connectivity index (χ2v) is 6.73. The lowest BCUT2D eigenvalue weighted by molar-refractivity contribution is -0.274. The third-order valence-corrected chi connectivity index (χ3v) is 5.12. The third-order valence-electron chi connectivity index (χ3n) is 5.12. The Bertz CT molecular complexity index is 817. The molecule has 25 heavy (non-hydrogen) atoms. The summed E-state index contributed by atoms with van der Waals surface area (Å²) in [5.74, 6) is -0.346. The number of rotatable bonds is 3. The topological polar surface area (TPSA) is 70.2 Å². The van der Waals surface area contributed by atoms with E-state index in [4.69, 9.17) is 0 Å². The van der Waals surface area contributed by atoms with Crippen LogP contribution < -0.4 is 10.1 Å². The van der Waals surface area contributed by atoms with Gasteiger partial charge in [-0.3, -0.25) is 9.89 Å². The number of alkyl halides is 3. The number of carbonyl (C=O) groups excluding carboxylic acids is 1. The number of nitrogens with zero attached hydrogens (tertiary/aromatic N) is 2. The van der Waals surface area contributed by atoms with Gasteiger partial charge < -0.3 is 15.0 Å². The van der Waals surface area contributed by atoms with E-state index in [0.29, 0.717) is 22.9 Å². The van der Waals surface area contributed by atoms with Gasteiger partial charge in [0.1, 0.15) is 5.75 Å². The number of carbonyl (C=O) groups is 1. The Kier molecular flexibility index (Phi) is 3.64. The summed E-state index contributed by atoms with van der Waals surface area (Å²) in [5.41, 5.74) is 0.561. The fraction of sp³-hybridized carbons (Fsp3) is 0.500. The van der Waals surface area contributed by atoms with E-state index in [2.05, 4.69) is 32.2 Å². The van der Waals surface area contributed by atoms with Crippen LogP contribution in [0.25, 0.3) is 10.9 Å². The van der Waals surface area contributed by atoms with E-state index in [1.54, 1.807) is 0 Å². The number of aromatic amines is 1. The number of amides is 1. The SMILES string of the molecule is CN1C[C@@H]2C[C@H]1C[C@H]2NC(=O)c1n[nH]c2ccc(OC(F)(F)F)cc12. The van der Waals surface area contributed by atoms with Crippen molar-refractivity contribution in [2.24, 2.45) is 5.92 Å². The Morgan fingerprint density at radius 3 is 2.84 bits per heavy atom. The molecule has 1 saturated carbocycles. The molecule has 2 aliphatic rings. The summed E-state index contributed by atoms with van der Waals surface area (Å²) in [6, 6.07) is 4.33. The summed E-state index contributed by atoms with van der Waals surface area (Å²) in [5, 5.41) is 9.92. The van der Waals surface area contributed by atoms with Gasteiger partial charge in [-0.2, -0.15) is 5.10 Å². The van der Waals surface area contributed by atoms with Crippen molar-refractivity contribution in [2.75, 3.05) is 13.6 Å². The van der Waals surface area contributed by atoms with E-state index in [-0.39, 0.29) is 23.4 Å². The molecule has 1 aromatic heterocycles. The average molecular weight is 354 g/mol. The fourth-order valence-electron chi connectivity index (χ4n) is 3.95. The highest BCUT2D eigenvalue weighted by Crippen LogP contribution is 2.37. The highest BCUT2D eigenvalue weighted by Gasteiger charge is 2.43. The van der Waals surface area contributed by atoms with E-state index < -0.39 is 6.36 Å². The molecule has 1 aliphatic heterocycles. The van der Waals surface area contributed by atoms with Crippen LogP contribution in [0.15, 0.2) is 18.2 Å². The van der Waals surface area contributed by atoms with Crippen LogP contribution in [0.4, 0.5) is 13.2 Å². The summed E-state index contributed by atoms with van der Waals surface area (Å²) in [6.07, 6.45) is -2.83. The van der Waals surface area contributed by atoms with Crippen molar-refractivity contribution in [1.29, 1.82) is 0 Å². The molecule has 2 bridgehead atoms. The molecule has 9 heteroatoms. The number of halogens is 3. The lowest BCUT2D eigenvalue weighted by Gasteiger charge is -2.28. The largest absolute Gasteiger partial charge is 0.573 e. The molecule has 1 aromatic carbocycles. The molecule has 3 atom stereocenters. The summed E-state index contributed by atoms with van der Waals surface area (Å²) < 4.78 is 41.1. The van der Waals surface area contributed by atoms with Gasteiger partial charge >= 0.3 is 6.36 Å². The first kappa shape index (κ1) is 16.2. The monoisotopic (exact) mass is 354 g/mol. The van der Waals surface area contributed by atoms with Gasteiger partial charge in [-0.15, -0.1) is 13.2 Å². The van der Waals surface area contributed by atoms with Crippen LogP contribution in [-0.2, 0) is 0 Å². The number of hydrogen-bond acceptors (Lipinski definition) is 4. The number of benzene rings is 1. The van der Waals surface area contributed by atoms with Crippen molar-refractivity contribution < 1.29 is 22.7 Å². The fourth-order valence-corrected chi connectivity index (χ4v) is 3.95. The quantitative estimate of drug-likeness (QED) is 0.887. The van der Waals surface area contributed by atoms with Crippen LogP contribution in [0.1, 0.15) is 23.3 Å². The zero-order chi connectivity index (χ0) is 17.8. The molecule has 2 aromatic rings. The number of likely N-dealkylation sites (tertiary alicyclic amines) is 1. The molecule has 4 rings (SSSR count). The number of H-pyrrole nitrogens is 1. The molecular weight excluding hydrogens is 337 g/mol. The molecular formula is C16H17F3N4O2. The summed E-state index contributed by atoms with van der Waals surface area (Å²) in [7, 11) is 2.08. The Labute approximate surface area is 141 Å². The highest BCUT2D eigenvalue weighted by atomic mass is 19.4. The van der Waals surface area contributed by atoms with Crippen molar-refractivity contribution >= 4 is 16.8 Å². The predicted octanol–water partition coefficient (Wildman–Crippen LogP) is 2.28. The smallest absolute Gasteiger partial charge is 0.406 e. The molecule has 0 spiro atoms. The molecule has 2 fully saturated rings. The van der Waals surface area contributed by atoms with Gasteiger partial charge in [0.15, 0.2) is 5.69 Å². The maximum atomic E-state index is 12.6. The summed E-state index contributed by atoms with van der Waals surface area (Å²) in [6.45, 7) is 0.945. The summed E-state index contributed by atoms with van der Waals surface area (Å²) in [4.78, 5) is 14.8. The minimum atomic E-state index is -4.78. The molecule has 6 nitrogen and oxygen atoms in total. The van der Waals surface area contributed by atoms with Gasteiger partial charge in [0.25, 0.3) is 5.91 Å². The van der Waals surface area contributed by atoms with Crippen molar-refractivity contribution in [1.82, 2.24) is 20.4 Å². The first-order valence-corrected chi connectivity index (χ1v) is 8.05. The number of aromatic nitrogens is 2. The molecule has 2 heterocycles. The predicted molar refractivity (Wildman–Crippen MR) is 83.2 cm³/mol. The second kappa shape index (κ2) is 5.62. The van der Waals surface area contributed by atoms with E-state index in [0.717, 1.165) is 19.4 Å². The van der Waals surface area contributed by atoms with Gasteiger partial charge in [-0.1, -0.05) is 0 Å². The van der Waals surface area contributed by atoms with Gasteiger partial charge in [0.05, 0.1) is 5.52 Å². The number of nitrogens with one attached hydrogen (secondary N) is 2. The highest BCUT2D eigenvalue weighted by molar-refractivity contribution is 6.05. The number of ether oxygens (including phenoxy) is 1. The van der Waals surface area contributed by atoms with Gasteiger partial charge in [0, 0.05) is 24.0 Å². The molecule has 2 N–H and O–H groups in total. The van der Waals surface area contributed by atoms with Crippen LogP contribution in [0, 0.1) is 5.92 Å². The molecule has 1 aliphatic carbocycles. The minimum Gasteiger partial charge on any atom is -0.406 e. The van der Waals surface area contributed by atoms with Crippen LogP contribution in [0.5, 0.6) is 5.75 Å². The van der Waals surface area contributed by atoms with E-state index in [1.807, 2.05) is 0 Å². The van der Waals surface area contributed by atoms with Gasteiger partial charge in [0.2, 0.25) is 0 Å². The van der Waals surface area contributed by atoms with Crippen molar-refractivity contribution in [3.63, 3.8) is 0 Å². The minimum absolute atomic E-state index is 0.0788. The first-order valence-electron chi connectivity index (χ1n) is 8.05. The average Bonchev–Trinajstić information content (AvgIpc) is 3.18. The Morgan fingerprint density at radius 1 is 1.40 bits per heavy atom. The van der Waals surface area contributed by atoms with Crippen LogP contribution in [0.3, 0.4) is 0 Å². The zero-order valence-corrected chi connectivity index (χ0v) is 13.4. The first-order chi connectivity index (χ1) is 11.8. The van der Waals surface area contributed by atoms with Crippen LogP contribution in [0.2, 0.25) is 0 Å². The molecule has 0 radical (unpaired) electrons. The maximum absolute atomic E-state index is 12.6. The Hall–Kier alpha value is -2.29. The lowest BCUT2D eigenvalue weighted by Crippen LogP contribution is -2.44. The van der Waals surface area contributed by atoms with Crippen molar-refractivity contribution in [3.8, 4) is 5.75 Å². The number of fused-ring (bicyclic) bond motifs is 3. The number of hydrogen-bond donors (Lipinski definition) is 2. The van der Waals surface area contributed by atoms with Crippen LogP contribution in [-0.4, -0.2) is 53.0 Å². The van der Waals surface area contributed by atoms with E-state index in [1.165, 1.54) is 18.2 Å². The molecule has 1 saturated heterocycles. The Morgan fingerprint density at radius 2 is 2.20 bits per heavy atom. The standard InChI is InChI=1S/C16H17F3N4O2/c1-23-7-8-4-9(23)5-13(8)20-15(24)14-11-6-10(25-16(17,18)19)2-3-12(11)21-22-14/h2-3,6,8-9,13H,4-5,7H2,1H3,(H,20,24)(H,21,22)/t8-,9-,13+/m0/s1. The molecule has 1 amide bonds. The third kappa shape index (κ3) is 3.04. The van der Waals surface area contributed by atoms with Gasteiger partial charge in [-0.05, 0) is 44.0 Å². The zero-order valence-electron chi connectivity index (χ0n) is 13.4. The maximum Gasteiger partial charge on any atom is 0.573 e. The van der Waals surface area contributed by atoms with Crippen molar-refractivity contribution in [3.05, 3.63) is 23.9 Å². The second-order valence-electron chi connectivity index (χ2n) is 6.73. The number of piperidine rings is 1. The van der Waals surface area contributed by atoms with Gasteiger partial charge in [-0.25, -0.2) is 0 Å².